The lowest BCUT2D eigenvalue weighted by Crippen LogP contribution is -2.39. The van der Waals surface area contributed by atoms with Crippen LogP contribution in [0.1, 0.15) is 51.6 Å². The smallest absolute Gasteiger partial charge is 0.335 e. The summed E-state index contributed by atoms with van der Waals surface area (Å²) in [5.41, 5.74) is 5.30. The number of likely N-dealkylation sites (tertiary alicyclic amines) is 1. The summed E-state index contributed by atoms with van der Waals surface area (Å²) in [4.78, 5) is 17.6. The van der Waals surface area contributed by atoms with Gasteiger partial charge in [0.05, 0.1) is 38.1 Å². The lowest BCUT2D eigenvalue weighted by Gasteiger charge is -2.40. The lowest BCUT2D eigenvalue weighted by atomic mass is 9.91. The van der Waals surface area contributed by atoms with Gasteiger partial charge in [0.1, 0.15) is 23.8 Å². The van der Waals surface area contributed by atoms with E-state index >= 15 is 0 Å². The number of benzene rings is 2. The van der Waals surface area contributed by atoms with Gasteiger partial charge >= 0.3 is 5.97 Å². The van der Waals surface area contributed by atoms with E-state index in [9.17, 15) is 9.90 Å². The van der Waals surface area contributed by atoms with E-state index in [1.807, 2.05) is 18.5 Å². The molecule has 2 atom stereocenters. The number of aryl methyl sites for hydroxylation is 1. The maximum Gasteiger partial charge on any atom is 0.335 e. The molecule has 6 rings (SSSR count). The molecule has 2 aromatic carbocycles. The third kappa shape index (κ3) is 4.61. The van der Waals surface area contributed by atoms with Crippen LogP contribution in [-0.4, -0.2) is 62.3 Å². The molecule has 2 aliphatic rings. The van der Waals surface area contributed by atoms with Crippen molar-refractivity contribution in [3.63, 3.8) is 0 Å². The van der Waals surface area contributed by atoms with Crippen molar-refractivity contribution in [1.82, 2.24) is 24.9 Å². The number of carboxylic acids is 1. The number of rotatable bonds is 4. The Morgan fingerprint density at radius 3 is 3.00 bits per heavy atom. The summed E-state index contributed by atoms with van der Waals surface area (Å²) in [6.07, 6.45) is 5.45. The number of nitrogens with zero attached hydrogens (tertiary/aromatic N) is 4. The Bertz CT molecular complexity index is 1480. The molecule has 10 heteroatoms. The van der Waals surface area contributed by atoms with Crippen LogP contribution in [0.4, 0.5) is 0 Å². The van der Waals surface area contributed by atoms with Gasteiger partial charge in [-0.05, 0) is 49.6 Å². The van der Waals surface area contributed by atoms with Crippen LogP contribution in [0.2, 0.25) is 0 Å². The predicted octanol–water partition coefficient (Wildman–Crippen LogP) is 4.09. The lowest BCUT2D eigenvalue weighted by molar-refractivity contribution is -0.0287. The minimum absolute atomic E-state index is 0.0151. The van der Waals surface area contributed by atoms with Gasteiger partial charge in [-0.1, -0.05) is 11.3 Å². The molecule has 198 valence electrons. The largest absolute Gasteiger partial charge is 0.496 e. The summed E-state index contributed by atoms with van der Waals surface area (Å²) >= 11 is 0. The van der Waals surface area contributed by atoms with Crippen LogP contribution in [0.15, 0.2) is 42.7 Å². The summed E-state index contributed by atoms with van der Waals surface area (Å²) in [5.74, 6) is 0.446. The first kappa shape index (κ1) is 24.4. The van der Waals surface area contributed by atoms with E-state index in [0.29, 0.717) is 32.1 Å². The minimum atomic E-state index is -0.985. The number of carbonyl (C=O) groups is 1. The molecule has 0 aliphatic carbocycles. The van der Waals surface area contributed by atoms with Crippen LogP contribution in [0.3, 0.4) is 0 Å². The Hall–Kier alpha value is -3.89. The molecule has 2 aromatic heterocycles. The molecule has 2 N–H and O–H groups in total. The third-order valence-electron chi connectivity index (χ3n) is 7.61. The van der Waals surface area contributed by atoms with E-state index in [0.717, 1.165) is 58.4 Å². The Morgan fingerprint density at radius 1 is 1.26 bits per heavy atom. The van der Waals surface area contributed by atoms with Gasteiger partial charge in [0, 0.05) is 47.4 Å². The van der Waals surface area contributed by atoms with Gasteiger partial charge in [0.15, 0.2) is 0 Å². The fraction of sp³-hybridized carbons (Fsp3) is 0.393. The number of aromatic nitrogens is 4. The van der Waals surface area contributed by atoms with Gasteiger partial charge in [-0.25, -0.2) is 9.48 Å². The van der Waals surface area contributed by atoms with Crippen molar-refractivity contribution in [2.24, 2.45) is 0 Å². The molecule has 10 nitrogen and oxygen atoms in total. The quantitative estimate of drug-likeness (QED) is 0.416. The van der Waals surface area contributed by atoms with Crippen LogP contribution >= 0.6 is 0 Å². The summed E-state index contributed by atoms with van der Waals surface area (Å²) in [6, 6.07) is 9.32. The number of piperidine rings is 1. The van der Waals surface area contributed by atoms with Gasteiger partial charge < -0.3 is 24.3 Å². The summed E-state index contributed by atoms with van der Waals surface area (Å²) in [7, 11) is 1.71. The molecule has 1 saturated heterocycles. The highest BCUT2D eigenvalue weighted by atomic mass is 16.5. The van der Waals surface area contributed by atoms with Gasteiger partial charge in [-0.2, -0.15) is 0 Å². The molecule has 0 amide bonds. The van der Waals surface area contributed by atoms with Gasteiger partial charge in [-0.3, -0.25) is 4.90 Å². The first-order chi connectivity index (χ1) is 18.5. The Kier molecular flexibility index (Phi) is 6.50. The first-order valence-corrected chi connectivity index (χ1v) is 12.9. The van der Waals surface area contributed by atoms with Gasteiger partial charge in [0.2, 0.25) is 0 Å². The van der Waals surface area contributed by atoms with Crippen molar-refractivity contribution in [3.05, 3.63) is 70.7 Å². The zero-order chi connectivity index (χ0) is 26.2. The number of methoxy groups -OCH3 is 1. The van der Waals surface area contributed by atoms with Crippen LogP contribution in [-0.2, 0) is 24.4 Å². The molecule has 0 saturated carbocycles. The average Bonchev–Trinajstić information content (AvgIpc) is 3.59. The maximum absolute atomic E-state index is 11.8. The highest BCUT2D eigenvalue weighted by Gasteiger charge is 2.34. The number of ether oxygens (including phenoxy) is 3. The Balaban J connectivity index is 1.40. The normalized spacial score (nSPS) is 20.1. The Morgan fingerprint density at radius 2 is 2.16 bits per heavy atom. The monoisotopic (exact) mass is 517 g/mol. The van der Waals surface area contributed by atoms with Gasteiger partial charge in [-0.15, -0.1) is 5.10 Å². The van der Waals surface area contributed by atoms with Crippen LogP contribution in [0.5, 0.6) is 11.5 Å². The number of aromatic amines is 1. The van der Waals surface area contributed by atoms with E-state index in [-0.39, 0.29) is 17.7 Å². The van der Waals surface area contributed by atoms with Crippen molar-refractivity contribution in [2.45, 2.75) is 51.6 Å². The van der Waals surface area contributed by atoms with Crippen molar-refractivity contribution in [2.75, 3.05) is 20.3 Å². The summed E-state index contributed by atoms with van der Waals surface area (Å²) < 4.78 is 20.1. The molecule has 2 aliphatic heterocycles. The van der Waals surface area contributed by atoms with Crippen LogP contribution in [0, 0.1) is 6.92 Å². The zero-order valence-corrected chi connectivity index (χ0v) is 21.5. The average molecular weight is 518 g/mol. The first-order valence-electron chi connectivity index (χ1n) is 12.9. The molecular weight excluding hydrogens is 486 g/mol. The number of hydrogen-bond donors (Lipinski definition) is 2. The minimum Gasteiger partial charge on any atom is -0.496 e. The van der Waals surface area contributed by atoms with Crippen molar-refractivity contribution in [3.8, 4) is 11.5 Å². The fourth-order valence-electron chi connectivity index (χ4n) is 5.66. The molecule has 1 fully saturated rings. The number of nitrogens with one attached hydrogen (secondary N) is 1. The van der Waals surface area contributed by atoms with Crippen molar-refractivity contribution in [1.29, 1.82) is 0 Å². The fourth-order valence-corrected chi connectivity index (χ4v) is 5.66. The van der Waals surface area contributed by atoms with Gasteiger partial charge in [0.25, 0.3) is 0 Å². The number of H-pyrrole nitrogens is 1. The highest BCUT2D eigenvalue weighted by molar-refractivity contribution is 5.89. The van der Waals surface area contributed by atoms with Crippen LogP contribution in [0.25, 0.3) is 10.9 Å². The molecule has 0 spiro atoms. The standard InChI is InChI=1S/C28H31N5O5/c1-17-11-25(36-2)23(21-5-7-29-27(17)21)15-32-8-6-20-13-24(32)22-4-3-18(28(34)35)12-26(22)37-10-9-33-14-19(16-38-20)30-31-33/h3-5,7,11-12,14,20,24,29H,6,8-10,13,15-16H2,1-2H3,(H,34,35)/t20-,24-/m0/s1. The molecule has 38 heavy (non-hydrogen) atoms. The summed E-state index contributed by atoms with van der Waals surface area (Å²) in [5, 5.41) is 19.2. The molecule has 0 unspecified atom stereocenters. The third-order valence-corrected chi connectivity index (χ3v) is 7.61. The second kappa shape index (κ2) is 10.1. The molecular formula is C28H31N5O5. The second-order valence-electron chi connectivity index (χ2n) is 9.96. The highest BCUT2D eigenvalue weighted by Crippen LogP contribution is 2.41. The molecule has 0 radical (unpaired) electrons. The summed E-state index contributed by atoms with van der Waals surface area (Å²) in [6.45, 7) is 4.78. The SMILES string of the molecule is COc1cc(C)c2[nH]ccc2c1CN1CC[C@H]2C[C@H]1c1ccc(C(=O)O)cc1OCCn1cc(nn1)CO2. The van der Waals surface area contributed by atoms with Crippen molar-refractivity contribution < 1.29 is 24.1 Å². The number of aromatic carboxylic acids is 1. The second-order valence-corrected chi connectivity index (χ2v) is 9.96. The van der Waals surface area contributed by atoms with E-state index in [4.69, 9.17) is 14.2 Å². The maximum atomic E-state index is 11.8. The Labute approximate surface area is 220 Å². The predicted molar refractivity (Wildman–Crippen MR) is 139 cm³/mol. The zero-order valence-electron chi connectivity index (χ0n) is 21.5. The van der Waals surface area contributed by atoms with E-state index < -0.39 is 5.97 Å². The van der Waals surface area contributed by atoms with E-state index in [1.165, 1.54) is 0 Å². The number of fused-ring (bicyclic) bond motifs is 7. The van der Waals surface area contributed by atoms with E-state index in [2.05, 4.69) is 39.3 Å². The van der Waals surface area contributed by atoms with Crippen molar-refractivity contribution >= 4 is 16.9 Å². The topological polar surface area (TPSA) is 115 Å². The number of hydrogen-bond acceptors (Lipinski definition) is 7. The molecule has 4 bridgehead atoms. The molecule has 4 heterocycles. The van der Waals surface area contributed by atoms with Crippen LogP contribution < -0.4 is 9.47 Å². The number of carboxylic acid groups (broad SMARTS) is 1. The van der Waals surface area contributed by atoms with E-state index in [1.54, 1.807) is 23.9 Å². The molecule has 4 aromatic rings.